The van der Waals surface area contributed by atoms with E-state index in [0.717, 1.165) is 48.8 Å². The number of aromatic amines is 1. The van der Waals surface area contributed by atoms with Crippen molar-refractivity contribution in [1.29, 1.82) is 0 Å². The summed E-state index contributed by atoms with van der Waals surface area (Å²) in [6, 6.07) is 5.18. The van der Waals surface area contributed by atoms with Crippen LogP contribution in [0.5, 0.6) is 0 Å². The van der Waals surface area contributed by atoms with Crippen molar-refractivity contribution in [2.24, 2.45) is 17.8 Å². The molecule has 1 aromatic carbocycles. The fraction of sp³-hybridized carbons (Fsp3) is 0.609. The summed E-state index contributed by atoms with van der Waals surface area (Å²) in [4.78, 5) is 18.7. The topological polar surface area (TPSA) is 73.5 Å². The molecular weight excluding hydrogens is 398 g/mol. The van der Waals surface area contributed by atoms with Crippen molar-refractivity contribution in [2.75, 3.05) is 26.2 Å². The molecule has 0 aliphatic carbocycles. The second kappa shape index (κ2) is 8.00. The average molecular weight is 432 g/mol. The molecule has 0 bridgehead atoms. The maximum Gasteiger partial charge on any atom is 0.270 e. The highest BCUT2D eigenvalue weighted by molar-refractivity contribution is 7.89. The van der Waals surface area contributed by atoms with Gasteiger partial charge in [-0.25, -0.2) is 8.42 Å². The Morgan fingerprint density at radius 1 is 1.03 bits per heavy atom. The minimum absolute atomic E-state index is 0.0107. The van der Waals surface area contributed by atoms with Gasteiger partial charge in [0.2, 0.25) is 10.0 Å². The maximum atomic E-state index is 13.2. The lowest BCUT2D eigenvalue weighted by molar-refractivity contribution is 0.0617. The number of H-pyrrole nitrogens is 1. The number of amides is 1. The van der Waals surface area contributed by atoms with E-state index in [0.29, 0.717) is 41.4 Å². The molecule has 6 nitrogen and oxygen atoms in total. The number of fused-ring (bicyclic) bond motifs is 1. The normalized spacial score (nSPS) is 24.5. The van der Waals surface area contributed by atoms with E-state index < -0.39 is 10.0 Å². The summed E-state index contributed by atoms with van der Waals surface area (Å²) in [5.74, 6) is 1.56. The maximum absolute atomic E-state index is 13.2. The third-order valence-electron chi connectivity index (χ3n) is 6.78. The van der Waals surface area contributed by atoms with Crippen LogP contribution in [0.3, 0.4) is 0 Å². The number of rotatable bonds is 3. The van der Waals surface area contributed by atoms with E-state index >= 15 is 0 Å². The van der Waals surface area contributed by atoms with Crippen molar-refractivity contribution in [1.82, 2.24) is 14.2 Å². The number of sulfonamides is 1. The molecule has 2 saturated heterocycles. The molecule has 30 heavy (non-hydrogen) atoms. The number of benzene rings is 1. The number of hydrogen-bond acceptors (Lipinski definition) is 3. The van der Waals surface area contributed by atoms with Crippen LogP contribution in [0.25, 0.3) is 10.9 Å². The van der Waals surface area contributed by atoms with E-state index in [4.69, 9.17) is 0 Å². The van der Waals surface area contributed by atoms with Crippen molar-refractivity contribution in [3.05, 3.63) is 29.5 Å². The standard InChI is InChI=1S/C23H33N3O3S/c1-15-7-9-26(10-8-15)30(28,29)19-5-6-21-20(12-19)18(4)22(24-21)23(27)25-13-16(2)11-17(3)14-25/h5-6,12,15-17,24H,7-11,13-14H2,1-4H3. The fourth-order valence-electron chi connectivity index (χ4n) is 5.04. The molecule has 2 aliphatic heterocycles. The number of hydrogen-bond donors (Lipinski definition) is 1. The lowest BCUT2D eigenvalue weighted by Crippen LogP contribution is -2.42. The Morgan fingerprint density at radius 2 is 1.67 bits per heavy atom. The molecule has 2 aliphatic rings. The second-order valence-electron chi connectivity index (χ2n) is 9.58. The first-order valence-electron chi connectivity index (χ1n) is 11.1. The smallest absolute Gasteiger partial charge is 0.270 e. The molecule has 0 spiro atoms. The molecule has 1 amide bonds. The minimum Gasteiger partial charge on any atom is -0.350 e. The van der Waals surface area contributed by atoms with Gasteiger partial charge in [0, 0.05) is 37.1 Å². The van der Waals surface area contributed by atoms with Gasteiger partial charge in [0.15, 0.2) is 0 Å². The average Bonchev–Trinajstić information content (AvgIpc) is 3.03. The summed E-state index contributed by atoms with van der Waals surface area (Å²) in [6.45, 7) is 11.1. The van der Waals surface area contributed by atoms with Crippen LogP contribution in [-0.4, -0.2) is 54.7 Å². The predicted octanol–water partition coefficient (Wildman–Crippen LogP) is 4.02. The number of aryl methyl sites for hydroxylation is 1. The number of nitrogens with one attached hydrogen (secondary N) is 1. The molecular formula is C23H33N3O3S. The summed E-state index contributed by atoms with van der Waals surface area (Å²) >= 11 is 0. The quantitative estimate of drug-likeness (QED) is 0.798. The number of aromatic nitrogens is 1. The SMILES string of the molecule is Cc1c(C(=O)N2CC(C)CC(C)C2)[nH]c2ccc(S(=O)(=O)N3CCC(C)CC3)cc12. The van der Waals surface area contributed by atoms with Crippen molar-refractivity contribution in [2.45, 2.75) is 51.9 Å². The van der Waals surface area contributed by atoms with Crippen LogP contribution in [0.15, 0.2) is 23.1 Å². The van der Waals surface area contributed by atoms with Crippen LogP contribution in [-0.2, 0) is 10.0 Å². The number of carbonyl (C=O) groups is 1. The molecule has 1 aromatic heterocycles. The largest absolute Gasteiger partial charge is 0.350 e. The van der Waals surface area contributed by atoms with E-state index in [-0.39, 0.29) is 5.91 Å². The summed E-state index contributed by atoms with van der Waals surface area (Å²) < 4.78 is 27.9. The van der Waals surface area contributed by atoms with Gasteiger partial charge < -0.3 is 9.88 Å². The van der Waals surface area contributed by atoms with Crippen LogP contribution < -0.4 is 0 Å². The van der Waals surface area contributed by atoms with Crippen LogP contribution >= 0.6 is 0 Å². The van der Waals surface area contributed by atoms with Crippen molar-refractivity contribution in [3.63, 3.8) is 0 Å². The fourth-order valence-corrected chi connectivity index (χ4v) is 6.54. The van der Waals surface area contributed by atoms with Crippen molar-refractivity contribution in [3.8, 4) is 0 Å². The first-order valence-corrected chi connectivity index (χ1v) is 12.5. The number of likely N-dealkylation sites (tertiary alicyclic amines) is 1. The van der Waals surface area contributed by atoms with Gasteiger partial charge in [0.05, 0.1) is 4.90 Å². The molecule has 2 unspecified atom stereocenters. The Bertz CT molecular complexity index is 1040. The molecule has 3 heterocycles. The molecule has 0 radical (unpaired) electrons. The van der Waals surface area contributed by atoms with E-state index in [1.54, 1.807) is 22.5 Å². The molecule has 1 N–H and O–H groups in total. The summed E-state index contributed by atoms with van der Waals surface area (Å²) in [5.41, 5.74) is 2.21. The lowest BCUT2D eigenvalue weighted by Gasteiger charge is -2.34. The minimum atomic E-state index is -3.52. The highest BCUT2D eigenvalue weighted by atomic mass is 32.2. The van der Waals surface area contributed by atoms with Crippen molar-refractivity contribution < 1.29 is 13.2 Å². The third kappa shape index (κ3) is 3.89. The lowest BCUT2D eigenvalue weighted by atomic mass is 9.91. The van der Waals surface area contributed by atoms with Gasteiger partial charge in [-0.2, -0.15) is 4.31 Å². The monoisotopic (exact) mass is 431 g/mol. The summed E-state index contributed by atoms with van der Waals surface area (Å²) in [5, 5.41) is 0.808. The molecule has 2 aromatic rings. The van der Waals surface area contributed by atoms with Gasteiger partial charge in [-0.15, -0.1) is 0 Å². The molecule has 2 fully saturated rings. The first-order chi connectivity index (χ1) is 14.2. The highest BCUT2D eigenvalue weighted by Crippen LogP contribution is 2.30. The Labute approximate surface area is 179 Å². The molecule has 0 saturated carbocycles. The van der Waals surface area contributed by atoms with Crippen LogP contribution in [0.1, 0.15) is 56.1 Å². The van der Waals surface area contributed by atoms with E-state index in [1.165, 1.54) is 0 Å². The van der Waals surface area contributed by atoms with Gasteiger partial charge in [-0.1, -0.05) is 20.8 Å². The van der Waals surface area contributed by atoms with Crippen LogP contribution in [0.4, 0.5) is 0 Å². The third-order valence-corrected chi connectivity index (χ3v) is 8.67. The molecule has 2 atom stereocenters. The Balaban J connectivity index is 1.64. The Kier molecular flexibility index (Phi) is 5.70. The molecule has 7 heteroatoms. The van der Waals surface area contributed by atoms with Crippen molar-refractivity contribution >= 4 is 26.8 Å². The number of piperidine rings is 2. The van der Waals surface area contributed by atoms with E-state index in [2.05, 4.69) is 25.8 Å². The second-order valence-corrected chi connectivity index (χ2v) is 11.5. The van der Waals surface area contributed by atoms with Gasteiger partial charge in [-0.3, -0.25) is 4.79 Å². The number of carbonyl (C=O) groups excluding carboxylic acids is 1. The highest BCUT2D eigenvalue weighted by Gasteiger charge is 2.30. The zero-order valence-corrected chi connectivity index (χ0v) is 19.3. The zero-order chi connectivity index (χ0) is 21.6. The first kappa shape index (κ1) is 21.4. The molecule has 4 rings (SSSR count). The van der Waals surface area contributed by atoms with E-state index in [1.807, 2.05) is 11.8 Å². The summed E-state index contributed by atoms with van der Waals surface area (Å²) in [7, 11) is -3.52. The van der Waals surface area contributed by atoms with Crippen LogP contribution in [0, 0.1) is 24.7 Å². The van der Waals surface area contributed by atoms with Gasteiger partial charge in [0.1, 0.15) is 5.69 Å². The predicted molar refractivity (Wildman–Crippen MR) is 119 cm³/mol. The van der Waals surface area contributed by atoms with Crippen LogP contribution in [0.2, 0.25) is 0 Å². The number of nitrogens with zero attached hydrogens (tertiary/aromatic N) is 2. The van der Waals surface area contributed by atoms with Gasteiger partial charge >= 0.3 is 0 Å². The Morgan fingerprint density at radius 3 is 2.30 bits per heavy atom. The van der Waals surface area contributed by atoms with E-state index in [9.17, 15) is 13.2 Å². The summed E-state index contributed by atoms with van der Waals surface area (Å²) in [6.07, 6.45) is 2.94. The van der Waals surface area contributed by atoms with Gasteiger partial charge in [-0.05, 0) is 67.7 Å². The van der Waals surface area contributed by atoms with Gasteiger partial charge in [0.25, 0.3) is 5.91 Å². The molecule has 164 valence electrons. The zero-order valence-electron chi connectivity index (χ0n) is 18.4. The Hall–Kier alpha value is -1.86.